The number of rotatable bonds is 6. The molecule has 0 aromatic heterocycles. The highest BCUT2D eigenvalue weighted by Gasteiger charge is 2.51. The molecule has 2 fully saturated rings. The number of nitrogens with one attached hydrogen (secondary N) is 1. The van der Waals surface area contributed by atoms with Crippen LogP contribution < -0.4 is 5.32 Å². The number of aliphatic hydroxyl groups is 2. The standard InChI is InChI=1S/C28H32N2O6/c1-15-7-18-8-17(3-4-21(18)27(34)36-15)25(32)12-30-11-19-9-28(30,14-29-19)10-24(31)20-5-6-22-23(16(20)2)13-35-26(22)33/h3-6,8,15,19,24-25,29,31-32H,7,9-14H2,1-2H3/t15-,19-,24-,25-,28-/m1/s1. The molecule has 0 unspecified atom stereocenters. The third-order valence-electron chi connectivity index (χ3n) is 8.54. The molecular formula is C28H32N2O6. The van der Waals surface area contributed by atoms with E-state index in [9.17, 15) is 19.8 Å². The van der Waals surface area contributed by atoms with E-state index in [-0.39, 0.29) is 30.2 Å². The Morgan fingerprint density at radius 1 is 1.14 bits per heavy atom. The molecule has 0 radical (unpaired) electrons. The van der Waals surface area contributed by atoms with Crippen molar-refractivity contribution >= 4 is 11.9 Å². The first kappa shape index (κ1) is 23.6. The lowest BCUT2D eigenvalue weighted by Crippen LogP contribution is -2.54. The van der Waals surface area contributed by atoms with E-state index in [2.05, 4.69) is 10.2 Å². The lowest BCUT2D eigenvalue weighted by atomic mass is 9.85. The van der Waals surface area contributed by atoms with Gasteiger partial charge in [-0.1, -0.05) is 18.2 Å². The van der Waals surface area contributed by atoms with Gasteiger partial charge in [-0.15, -0.1) is 0 Å². The quantitative estimate of drug-likeness (QED) is 0.528. The Morgan fingerprint density at radius 3 is 2.75 bits per heavy atom. The van der Waals surface area contributed by atoms with Crippen LogP contribution in [0.4, 0.5) is 0 Å². The molecule has 190 valence electrons. The van der Waals surface area contributed by atoms with Crippen molar-refractivity contribution in [1.82, 2.24) is 10.2 Å². The number of likely N-dealkylation sites (tertiary alicyclic amines) is 1. The van der Waals surface area contributed by atoms with Gasteiger partial charge in [0.05, 0.1) is 23.3 Å². The second-order valence-electron chi connectivity index (χ2n) is 10.9. The van der Waals surface area contributed by atoms with Gasteiger partial charge >= 0.3 is 11.9 Å². The van der Waals surface area contributed by atoms with E-state index in [0.29, 0.717) is 36.6 Å². The van der Waals surface area contributed by atoms with E-state index in [1.807, 2.05) is 32.0 Å². The average molecular weight is 493 g/mol. The number of hydrogen-bond acceptors (Lipinski definition) is 8. The van der Waals surface area contributed by atoms with Crippen LogP contribution in [0.15, 0.2) is 30.3 Å². The van der Waals surface area contributed by atoms with Crippen LogP contribution in [-0.4, -0.2) is 64.4 Å². The highest BCUT2D eigenvalue weighted by molar-refractivity contribution is 5.94. The predicted octanol–water partition coefficient (Wildman–Crippen LogP) is 2.34. The van der Waals surface area contributed by atoms with E-state index >= 15 is 0 Å². The first-order chi connectivity index (χ1) is 17.2. The number of cyclic esters (lactones) is 2. The lowest BCUT2D eigenvalue weighted by molar-refractivity contribution is 0.0213. The largest absolute Gasteiger partial charge is 0.459 e. The van der Waals surface area contributed by atoms with Crippen LogP contribution >= 0.6 is 0 Å². The van der Waals surface area contributed by atoms with Crippen molar-refractivity contribution in [3.05, 3.63) is 69.3 Å². The van der Waals surface area contributed by atoms with E-state index in [1.165, 1.54) is 0 Å². The topological polar surface area (TPSA) is 108 Å². The van der Waals surface area contributed by atoms with Gasteiger partial charge in [-0.05, 0) is 61.1 Å². The lowest BCUT2D eigenvalue weighted by Gasteiger charge is -2.41. The molecule has 36 heavy (non-hydrogen) atoms. The monoisotopic (exact) mass is 492 g/mol. The van der Waals surface area contributed by atoms with Crippen LogP contribution in [0.2, 0.25) is 0 Å². The molecule has 6 rings (SSSR count). The number of aliphatic hydroxyl groups excluding tert-OH is 2. The van der Waals surface area contributed by atoms with Crippen molar-refractivity contribution in [3.8, 4) is 0 Å². The molecule has 8 nitrogen and oxygen atoms in total. The van der Waals surface area contributed by atoms with Crippen molar-refractivity contribution < 1.29 is 29.3 Å². The number of benzene rings is 2. The zero-order chi connectivity index (χ0) is 25.2. The number of esters is 2. The molecule has 0 spiro atoms. The summed E-state index contributed by atoms with van der Waals surface area (Å²) in [7, 11) is 0. The van der Waals surface area contributed by atoms with E-state index in [4.69, 9.17) is 9.47 Å². The molecule has 4 aliphatic heterocycles. The zero-order valence-corrected chi connectivity index (χ0v) is 20.6. The van der Waals surface area contributed by atoms with Crippen molar-refractivity contribution in [1.29, 1.82) is 0 Å². The molecule has 4 aliphatic rings. The fourth-order valence-corrected chi connectivity index (χ4v) is 6.62. The number of fused-ring (bicyclic) bond motifs is 4. The minimum atomic E-state index is -0.707. The Kier molecular flexibility index (Phi) is 5.68. The van der Waals surface area contributed by atoms with Gasteiger partial charge in [-0.3, -0.25) is 4.90 Å². The molecule has 2 aromatic carbocycles. The molecule has 4 heterocycles. The maximum Gasteiger partial charge on any atom is 0.338 e. The first-order valence-electron chi connectivity index (χ1n) is 12.7. The van der Waals surface area contributed by atoms with E-state index < -0.39 is 12.2 Å². The zero-order valence-electron chi connectivity index (χ0n) is 20.6. The number of hydrogen-bond donors (Lipinski definition) is 3. The minimum absolute atomic E-state index is 0.171. The smallest absolute Gasteiger partial charge is 0.338 e. The number of carbonyl (C=O) groups is 2. The maximum atomic E-state index is 12.2. The van der Waals surface area contributed by atoms with Crippen LogP contribution in [0.5, 0.6) is 0 Å². The van der Waals surface area contributed by atoms with Crippen LogP contribution in [0.1, 0.15) is 80.5 Å². The Labute approximate surface area is 210 Å². The molecule has 5 atom stereocenters. The van der Waals surface area contributed by atoms with Crippen molar-refractivity contribution in [2.75, 3.05) is 19.6 Å². The van der Waals surface area contributed by atoms with Gasteiger partial charge in [0, 0.05) is 43.2 Å². The second-order valence-corrected chi connectivity index (χ2v) is 10.9. The summed E-state index contributed by atoms with van der Waals surface area (Å²) in [6.45, 7) is 6.08. The summed E-state index contributed by atoms with van der Waals surface area (Å²) < 4.78 is 10.5. The summed E-state index contributed by atoms with van der Waals surface area (Å²) in [5, 5.41) is 26.1. The summed E-state index contributed by atoms with van der Waals surface area (Å²) in [4.78, 5) is 26.4. The summed E-state index contributed by atoms with van der Waals surface area (Å²) in [6, 6.07) is 9.43. The molecule has 2 bridgehead atoms. The Balaban J connectivity index is 1.20. The molecular weight excluding hydrogens is 460 g/mol. The maximum absolute atomic E-state index is 12.2. The van der Waals surface area contributed by atoms with Crippen molar-refractivity contribution in [2.45, 2.75) is 69.6 Å². The van der Waals surface area contributed by atoms with Crippen LogP contribution in [0.25, 0.3) is 0 Å². The Morgan fingerprint density at radius 2 is 1.94 bits per heavy atom. The van der Waals surface area contributed by atoms with Gasteiger partial charge in [0.15, 0.2) is 0 Å². The van der Waals surface area contributed by atoms with Crippen LogP contribution in [0, 0.1) is 6.92 Å². The van der Waals surface area contributed by atoms with Crippen molar-refractivity contribution in [3.63, 3.8) is 0 Å². The number of ether oxygens (including phenoxy) is 2. The van der Waals surface area contributed by atoms with Gasteiger partial charge in [0.2, 0.25) is 0 Å². The van der Waals surface area contributed by atoms with Gasteiger partial charge in [0.25, 0.3) is 0 Å². The van der Waals surface area contributed by atoms with E-state index in [0.717, 1.165) is 47.3 Å². The summed E-state index contributed by atoms with van der Waals surface area (Å²) in [6.07, 6.45) is 0.517. The molecule has 2 aromatic rings. The fourth-order valence-electron chi connectivity index (χ4n) is 6.62. The highest BCUT2D eigenvalue weighted by atomic mass is 16.5. The molecule has 0 aliphatic carbocycles. The normalized spacial score (nSPS) is 28.4. The number of carbonyl (C=O) groups excluding carboxylic acids is 2. The summed E-state index contributed by atoms with van der Waals surface area (Å²) >= 11 is 0. The molecule has 8 heteroatoms. The van der Waals surface area contributed by atoms with Crippen molar-refractivity contribution in [2.24, 2.45) is 0 Å². The molecule has 0 saturated carbocycles. The van der Waals surface area contributed by atoms with Crippen LogP contribution in [0.3, 0.4) is 0 Å². The average Bonchev–Trinajstić information content (AvgIpc) is 3.52. The minimum Gasteiger partial charge on any atom is -0.459 e. The highest BCUT2D eigenvalue weighted by Crippen LogP contribution is 2.43. The van der Waals surface area contributed by atoms with Gasteiger partial charge in [0.1, 0.15) is 12.7 Å². The predicted molar refractivity (Wildman–Crippen MR) is 131 cm³/mol. The summed E-state index contributed by atoms with van der Waals surface area (Å²) in [5.41, 5.74) is 5.20. The number of β-amino-alcohol motifs (C(OH)–C–C–N with tert-alkyl or cyclic N) is 1. The molecule has 0 amide bonds. The Hall–Kier alpha value is -2.78. The third kappa shape index (κ3) is 3.84. The number of nitrogens with zero attached hydrogens (tertiary/aromatic N) is 1. The van der Waals surface area contributed by atoms with Gasteiger partial charge < -0.3 is 25.0 Å². The fraction of sp³-hybridized carbons (Fsp3) is 0.500. The van der Waals surface area contributed by atoms with Gasteiger partial charge in [-0.2, -0.15) is 0 Å². The van der Waals surface area contributed by atoms with Crippen LogP contribution in [-0.2, 0) is 22.5 Å². The molecule has 2 saturated heterocycles. The number of piperazine rings is 1. The van der Waals surface area contributed by atoms with E-state index in [1.54, 1.807) is 12.1 Å². The SMILES string of the molecule is Cc1c([C@H](O)C[C@]23CN[C@@H](CN2C[C@@H](O)c2ccc4c(c2)C[C@@H](C)OC4=O)C3)ccc2c1COC2=O. The van der Waals surface area contributed by atoms with Gasteiger partial charge in [-0.25, -0.2) is 9.59 Å². The Bertz CT molecular complexity index is 1240. The second kappa shape index (κ2) is 8.66. The molecule has 3 N–H and O–H groups in total. The first-order valence-corrected chi connectivity index (χ1v) is 12.7. The third-order valence-corrected chi connectivity index (χ3v) is 8.54. The summed E-state index contributed by atoms with van der Waals surface area (Å²) in [5.74, 6) is -0.613.